The number of nitrogen functional groups attached to an aromatic ring is 1. The lowest BCUT2D eigenvalue weighted by atomic mass is 9.82. The van der Waals surface area contributed by atoms with Gasteiger partial charge in [0.1, 0.15) is 23.4 Å². The van der Waals surface area contributed by atoms with Gasteiger partial charge in [0, 0.05) is 30.4 Å². The van der Waals surface area contributed by atoms with Gasteiger partial charge < -0.3 is 20.3 Å². The number of nitrogens with two attached hydrogens (primary N) is 1. The first kappa shape index (κ1) is 24.9. The first-order valence-corrected chi connectivity index (χ1v) is 12.8. The molecule has 3 N–H and O–H groups in total. The van der Waals surface area contributed by atoms with E-state index in [0.717, 1.165) is 32.1 Å². The molecule has 3 heterocycles. The molecular weight excluding hydrogens is 470 g/mol. The van der Waals surface area contributed by atoms with E-state index in [1.807, 2.05) is 33.0 Å². The van der Waals surface area contributed by atoms with Gasteiger partial charge in [-0.05, 0) is 65.0 Å². The minimum absolute atomic E-state index is 0.0695. The summed E-state index contributed by atoms with van der Waals surface area (Å²) in [6.45, 7) is 6.28. The highest BCUT2D eigenvalue weighted by Crippen LogP contribution is 2.33. The number of carbonyl (C=O) groups is 1. The molecule has 1 saturated carbocycles. The molecule has 1 aliphatic carbocycles. The Bertz CT molecular complexity index is 1360. The van der Waals surface area contributed by atoms with Crippen LogP contribution in [0.4, 0.5) is 10.6 Å². The second-order valence-electron chi connectivity index (χ2n) is 10.7. The number of imidazole rings is 1. The number of fused-ring (bicyclic) bond motifs is 1. The zero-order chi connectivity index (χ0) is 26.2. The van der Waals surface area contributed by atoms with Crippen molar-refractivity contribution < 1.29 is 19.4 Å². The number of ether oxygens (including phenoxy) is 2. The molecule has 37 heavy (non-hydrogen) atoms. The third kappa shape index (κ3) is 5.65. The van der Waals surface area contributed by atoms with Crippen molar-refractivity contribution in [1.82, 2.24) is 19.3 Å². The molecule has 2 fully saturated rings. The molecule has 0 radical (unpaired) electrons. The van der Waals surface area contributed by atoms with E-state index in [1.165, 1.54) is 0 Å². The van der Waals surface area contributed by atoms with Gasteiger partial charge in [0.05, 0.1) is 17.4 Å². The summed E-state index contributed by atoms with van der Waals surface area (Å²) in [6, 6.07) is 7.03. The maximum absolute atomic E-state index is 12.6. The average Bonchev–Trinajstić information content (AvgIpc) is 3.22. The van der Waals surface area contributed by atoms with Gasteiger partial charge in [0.25, 0.3) is 0 Å². The lowest BCUT2D eigenvalue weighted by Crippen LogP contribution is -2.49. The maximum Gasteiger partial charge on any atom is 0.412 e. The Morgan fingerprint density at radius 2 is 1.95 bits per heavy atom. The molecule has 1 amide bonds. The molecule has 1 aromatic carbocycles. The Labute approximate surface area is 216 Å². The number of aromatic nitrogens is 3. The van der Waals surface area contributed by atoms with E-state index >= 15 is 0 Å². The molecule has 1 unspecified atom stereocenters. The molecule has 0 spiro atoms. The van der Waals surface area contributed by atoms with Crippen LogP contribution in [0.1, 0.15) is 58.4 Å². The van der Waals surface area contributed by atoms with Gasteiger partial charge in [-0.2, -0.15) is 4.98 Å². The first-order chi connectivity index (χ1) is 17.7. The number of anilines is 1. The van der Waals surface area contributed by atoms with E-state index < -0.39 is 5.60 Å². The maximum atomic E-state index is 12.6. The normalized spacial score (nSPS) is 21.7. The predicted octanol–water partition coefficient (Wildman–Crippen LogP) is 4.58. The minimum atomic E-state index is -0.530. The number of rotatable bonds is 3. The van der Waals surface area contributed by atoms with Gasteiger partial charge in [0.15, 0.2) is 0 Å². The van der Waals surface area contributed by atoms with Crippen LogP contribution in [0.15, 0.2) is 36.7 Å². The Morgan fingerprint density at radius 1 is 1.16 bits per heavy atom. The fourth-order valence-electron chi connectivity index (χ4n) is 4.62. The van der Waals surface area contributed by atoms with Crippen LogP contribution in [0.3, 0.4) is 0 Å². The smallest absolute Gasteiger partial charge is 0.412 e. The SMILES string of the molecule is CC(C)(C)OC(=O)N1CCCCC1OC1CC(C#Cc2cn3cc(-c4ccccc4O)nc3nc2N)C1. The van der Waals surface area contributed by atoms with Crippen molar-refractivity contribution >= 4 is 17.7 Å². The van der Waals surface area contributed by atoms with Gasteiger partial charge >= 0.3 is 6.09 Å². The summed E-state index contributed by atoms with van der Waals surface area (Å²) in [4.78, 5) is 23.2. The van der Waals surface area contributed by atoms with Crippen LogP contribution in [0.5, 0.6) is 5.75 Å². The zero-order valence-electron chi connectivity index (χ0n) is 21.5. The fraction of sp³-hybridized carbons (Fsp3) is 0.464. The lowest BCUT2D eigenvalue weighted by molar-refractivity contribution is -0.140. The standard InChI is InChI=1S/C28H33N5O4/c1-28(2,3)37-27(35)33-13-7-6-10-24(33)36-20-14-18(15-20)11-12-19-16-32-17-22(30-26(32)31-25(19)29)21-8-4-5-9-23(21)34/h4-5,8-9,16-18,20,24,34H,6-7,10,13-15H2,1-3H3,(H2,29,30,31). The van der Waals surface area contributed by atoms with Crippen LogP contribution < -0.4 is 5.73 Å². The summed E-state index contributed by atoms with van der Waals surface area (Å²) in [7, 11) is 0. The number of hydrogen-bond donors (Lipinski definition) is 2. The van der Waals surface area contributed by atoms with Crippen molar-refractivity contribution in [2.24, 2.45) is 5.92 Å². The number of piperidine rings is 1. The molecular formula is C28H33N5O4. The number of benzene rings is 1. The molecule has 2 aliphatic rings. The van der Waals surface area contributed by atoms with Crippen LogP contribution in [0, 0.1) is 17.8 Å². The minimum Gasteiger partial charge on any atom is -0.507 e. The summed E-state index contributed by atoms with van der Waals surface area (Å²) < 4.78 is 13.6. The zero-order valence-corrected chi connectivity index (χ0v) is 21.5. The van der Waals surface area contributed by atoms with Gasteiger partial charge in [0.2, 0.25) is 5.78 Å². The third-order valence-corrected chi connectivity index (χ3v) is 6.59. The van der Waals surface area contributed by atoms with Crippen molar-refractivity contribution in [1.29, 1.82) is 0 Å². The van der Waals surface area contributed by atoms with E-state index in [2.05, 4.69) is 21.8 Å². The monoisotopic (exact) mass is 503 g/mol. The van der Waals surface area contributed by atoms with E-state index in [4.69, 9.17) is 15.2 Å². The largest absolute Gasteiger partial charge is 0.507 e. The molecule has 5 rings (SSSR count). The van der Waals surface area contributed by atoms with Crippen LogP contribution in [-0.4, -0.2) is 54.9 Å². The summed E-state index contributed by atoms with van der Waals surface area (Å²) in [5.41, 5.74) is 7.49. The van der Waals surface area contributed by atoms with Crippen LogP contribution in [0.25, 0.3) is 17.0 Å². The molecule has 9 nitrogen and oxygen atoms in total. The molecule has 3 aromatic rings. The van der Waals surface area contributed by atoms with Crippen molar-refractivity contribution in [2.45, 2.75) is 70.8 Å². The highest BCUT2D eigenvalue weighted by Gasteiger charge is 2.36. The van der Waals surface area contributed by atoms with Gasteiger partial charge in [-0.3, -0.25) is 9.30 Å². The summed E-state index contributed by atoms with van der Waals surface area (Å²) in [5, 5.41) is 10.1. The van der Waals surface area contributed by atoms with E-state index in [1.54, 1.807) is 33.7 Å². The number of nitrogens with zero attached hydrogens (tertiary/aromatic N) is 4. The van der Waals surface area contributed by atoms with E-state index in [0.29, 0.717) is 35.0 Å². The number of hydrogen-bond acceptors (Lipinski definition) is 7. The number of carbonyl (C=O) groups excluding carboxylic acids is 1. The van der Waals surface area contributed by atoms with Crippen LogP contribution >= 0.6 is 0 Å². The Morgan fingerprint density at radius 3 is 2.70 bits per heavy atom. The molecule has 194 valence electrons. The van der Waals surface area contributed by atoms with Gasteiger partial charge in [-0.25, -0.2) is 9.78 Å². The number of amides is 1. The number of phenolic OH excluding ortho intramolecular Hbond substituents is 1. The molecule has 9 heteroatoms. The molecule has 2 aromatic heterocycles. The molecule has 1 aliphatic heterocycles. The highest BCUT2D eigenvalue weighted by molar-refractivity contribution is 5.69. The van der Waals surface area contributed by atoms with Gasteiger partial charge in [-0.15, -0.1) is 0 Å². The predicted molar refractivity (Wildman–Crippen MR) is 140 cm³/mol. The number of phenols is 1. The van der Waals surface area contributed by atoms with Crippen molar-refractivity contribution in [2.75, 3.05) is 12.3 Å². The van der Waals surface area contributed by atoms with Crippen LogP contribution in [0.2, 0.25) is 0 Å². The third-order valence-electron chi connectivity index (χ3n) is 6.59. The van der Waals surface area contributed by atoms with Crippen LogP contribution in [-0.2, 0) is 9.47 Å². The first-order valence-electron chi connectivity index (χ1n) is 12.8. The van der Waals surface area contributed by atoms with Gasteiger partial charge in [-0.1, -0.05) is 24.0 Å². The van der Waals surface area contributed by atoms with Crippen molar-refractivity contribution in [3.8, 4) is 28.8 Å². The lowest BCUT2D eigenvalue weighted by Gasteiger charge is -2.41. The summed E-state index contributed by atoms with van der Waals surface area (Å²) in [5.74, 6) is 7.57. The Hall–Kier alpha value is -3.77. The molecule has 1 saturated heterocycles. The molecule has 0 bridgehead atoms. The van der Waals surface area contributed by atoms with Crippen molar-refractivity contribution in [3.05, 3.63) is 42.2 Å². The Balaban J connectivity index is 1.21. The average molecular weight is 504 g/mol. The topological polar surface area (TPSA) is 115 Å². The summed E-state index contributed by atoms with van der Waals surface area (Å²) in [6.07, 6.45) is 7.57. The molecule has 1 atom stereocenters. The number of para-hydroxylation sites is 1. The Kier molecular flexibility index (Phi) is 6.69. The quantitative estimate of drug-likeness (QED) is 0.503. The second kappa shape index (κ2) is 9.94. The number of aromatic hydroxyl groups is 1. The van der Waals surface area contributed by atoms with Crippen molar-refractivity contribution in [3.63, 3.8) is 0 Å². The fourth-order valence-corrected chi connectivity index (χ4v) is 4.62. The van der Waals surface area contributed by atoms with E-state index in [9.17, 15) is 9.90 Å². The highest BCUT2D eigenvalue weighted by atomic mass is 16.6. The number of likely N-dealkylation sites (tertiary alicyclic amines) is 1. The second-order valence-corrected chi connectivity index (χ2v) is 10.7. The van der Waals surface area contributed by atoms with E-state index in [-0.39, 0.29) is 30.1 Å². The summed E-state index contributed by atoms with van der Waals surface area (Å²) >= 11 is 0.